The van der Waals surface area contributed by atoms with Gasteiger partial charge in [0.1, 0.15) is 12.4 Å². The molecular weight excluding hydrogens is 286 g/mol. The number of rotatable bonds is 5. The van der Waals surface area contributed by atoms with Gasteiger partial charge in [-0.3, -0.25) is 9.89 Å². The lowest BCUT2D eigenvalue weighted by Gasteiger charge is -2.31. The molecule has 0 aliphatic carbocycles. The minimum Gasteiger partial charge on any atom is -0.376 e. The minimum atomic E-state index is 0.0496. The van der Waals surface area contributed by atoms with Gasteiger partial charge in [0.15, 0.2) is 0 Å². The van der Waals surface area contributed by atoms with Crippen LogP contribution in [0.4, 0.5) is 5.95 Å². The number of amides is 1. The Morgan fingerprint density at radius 1 is 1.41 bits per heavy atom. The van der Waals surface area contributed by atoms with E-state index in [1.807, 2.05) is 4.90 Å². The predicted octanol–water partition coefficient (Wildman–Crippen LogP) is 0.288. The zero-order valence-electron chi connectivity index (χ0n) is 12.7. The summed E-state index contributed by atoms with van der Waals surface area (Å²) < 4.78 is 11.0. The second kappa shape index (κ2) is 7.06. The lowest BCUT2D eigenvalue weighted by molar-refractivity contribution is -0.138. The van der Waals surface area contributed by atoms with E-state index in [4.69, 9.17) is 15.2 Å². The SMILES string of the molecule is Nc1n[nH]c(C2CCN(C(=O)COC[C@@H]3CCCO3)CC2)n1. The van der Waals surface area contributed by atoms with Crippen LogP contribution in [-0.4, -0.2) is 65.0 Å². The third kappa shape index (κ3) is 3.75. The Labute approximate surface area is 129 Å². The van der Waals surface area contributed by atoms with E-state index in [0.29, 0.717) is 25.6 Å². The number of nitrogens with two attached hydrogens (primary N) is 1. The lowest BCUT2D eigenvalue weighted by Crippen LogP contribution is -2.40. The molecule has 8 heteroatoms. The van der Waals surface area contributed by atoms with Crippen molar-refractivity contribution in [1.29, 1.82) is 0 Å². The Morgan fingerprint density at radius 2 is 2.23 bits per heavy atom. The van der Waals surface area contributed by atoms with Crippen molar-refractivity contribution in [3.05, 3.63) is 5.82 Å². The van der Waals surface area contributed by atoms with Crippen LogP contribution < -0.4 is 5.73 Å². The monoisotopic (exact) mass is 309 g/mol. The molecule has 8 nitrogen and oxygen atoms in total. The number of H-pyrrole nitrogens is 1. The first-order valence-electron chi connectivity index (χ1n) is 7.87. The Bertz CT molecular complexity index is 492. The maximum absolute atomic E-state index is 12.1. The summed E-state index contributed by atoms with van der Waals surface area (Å²) >= 11 is 0. The van der Waals surface area contributed by atoms with E-state index in [-0.39, 0.29) is 24.6 Å². The fourth-order valence-corrected chi connectivity index (χ4v) is 3.02. The third-order valence-electron chi connectivity index (χ3n) is 4.31. The van der Waals surface area contributed by atoms with Crippen molar-refractivity contribution in [1.82, 2.24) is 20.1 Å². The van der Waals surface area contributed by atoms with E-state index in [1.54, 1.807) is 0 Å². The number of aromatic amines is 1. The van der Waals surface area contributed by atoms with E-state index in [1.165, 1.54) is 0 Å². The summed E-state index contributed by atoms with van der Waals surface area (Å²) in [7, 11) is 0. The van der Waals surface area contributed by atoms with Gasteiger partial charge in [0.05, 0.1) is 12.7 Å². The molecule has 0 saturated carbocycles. The van der Waals surface area contributed by atoms with Crippen LogP contribution in [0.25, 0.3) is 0 Å². The van der Waals surface area contributed by atoms with Gasteiger partial charge in [-0.15, -0.1) is 5.10 Å². The molecule has 3 rings (SSSR count). The Hall–Kier alpha value is -1.67. The topological polar surface area (TPSA) is 106 Å². The Balaban J connectivity index is 1.38. The largest absolute Gasteiger partial charge is 0.376 e. The quantitative estimate of drug-likeness (QED) is 0.809. The molecular formula is C14H23N5O3. The second-order valence-electron chi connectivity index (χ2n) is 5.88. The van der Waals surface area contributed by atoms with Gasteiger partial charge in [0.25, 0.3) is 0 Å². The molecule has 2 fully saturated rings. The van der Waals surface area contributed by atoms with Crippen molar-refractivity contribution in [2.45, 2.75) is 37.7 Å². The van der Waals surface area contributed by atoms with Crippen LogP contribution >= 0.6 is 0 Å². The highest BCUT2D eigenvalue weighted by atomic mass is 16.5. The number of hydrogen-bond donors (Lipinski definition) is 2. The van der Waals surface area contributed by atoms with Crippen LogP contribution in [0, 0.1) is 0 Å². The molecule has 2 aliphatic rings. The molecule has 1 atom stereocenters. The summed E-state index contributed by atoms with van der Waals surface area (Å²) in [6.07, 6.45) is 4.01. The van der Waals surface area contributed by atoms with Gasteiger partial charge >= 0.3 is 0 Å². The summed E-state index contributed by atoms with van der Waals surface area (Å²) in [6.45, 7) is 2.89. The summed E-state index contributed by atoms with van der Waals surface area (Å²) in [5, 5.41) is 6.71. The number of hydrogen-bond acceptors (Lipinski definition) is 6. The molecule has 0 aromatic carbocycles. The van der Waals surface area contributed by atoms with Crippen LogP contribution in [0.15, 0.2) is 0 Å². The second-order valence-corrected chi connectivity index (χ2v) is 5.88. The number of ether oxygens (including phenoxy) is 2. The van der Waals surface area contributed by atoms with Crippen molar-refractivity contribution in [3.63, 3.8) is 0 Å². The summed E-state index contributed by atoms with van der Waals surface area (Å²) in [5.74, 6) is 1.44. The lowest BCUT2D eigenvalue weighted by atomic mass is 9.96. The van der Waals surface area contributed by atoms with Gasteiger partial charge in [0.2, 0.25) is 11.9 Å². The predicted molar refractivity (Wildman–Crippen MR) is 79.1 cm³/mol. The molecule has 2 aliphatic heterocycles. The molecule has 1 aromatic rings. The highest BCUT2D eigenvalue weighted by Crippen LogP contribution is 2.25. The number of piperidine rings is 1. The highest BCUT2D eigenvalue weighted by molar-refractivity contribution is 5.77. The number of likely N-dealkylation sites (tertiary alicyclic amines) is 1. The maximum Gasteiger partial charge on any atom is 0.248 e. The molecule has 3 N–H and O–H groups in total. The molecule has 1 aromatic heterocycles. The van der Waals surface area contributed by atoms with Crippen LogP contribution in [-0.2, 0) is 14.3 Å². The van der Waals surface area contributed by atoms with Gasteiger partial charge in [-0.25, -0.2) is 0 Å². The number of carbonyl (C=O) groups excluding carboxylic acids is 1. The van der Waals surface area contributed by atoms with E-state index in [0.717, 1.165) is 38.1 Å². The van der Waals surface area contributed by atoms with Crippen molar-refractivity contribution in [3.8, 4) is 0 Å². The maximum atomic E-state index is 12.1. The standard InChI is InChI=1S/C14H23N5O3/c15-14-16-13(17-18-14)10-3-5-19(6-4-10)12(20)9-21-8-11-2-1-7-22-11/h10-11H,1-9H2,(H3,15,16,17,18)/t11-/m0/s1. The molecule has 0 bridgehead atoms. The first kappa shape index (κ1) is 15.2. The molecule has 22 heavy (non-hydrogen) atoms. The molecule has 2 saturated heterocycles. The number of nitrogens with zero attached hydrogens (tertiary/aromatic N) is 3. The van der Waals surface area contributed by atoms with Crippen molar-refractivity contribution in [2.75, 3.05) is 38.6 Å². The average molecular weight is 309 g/mol. The van der Waals surface area contributed by atoms with Crippen LogP contribution in [0.5, 0.6) is 0 Å². The summed E-state index contributed by atoms with van der Waals surface area (Å²) in [4.78, 5) is 18.1. The van der Waals surface area contributed by atoms with Gasteiger partial charge in [-0.05, 0) is 25.7 Å². The average Bonchev–Trinajstić information content (AvgIpc) is 3.19. The molecule has 0 radical (unpaired) electrons. The molecule has 122 valence electrons. The number of anilines is 1. The fourth-order valence-electron chi connectivity index (χ4n) is 3.02. The Kier molecular flexibility index (Phi) is 4.89. The van der Waals surface area contributed by atoms with Gasteiger partial charge in [-0.2, -0.15) is 4.98 Å². The Morgan fingerprint density at radius 3 is 2.86 bits per heavy atom. The third-order valence-corrected chi connectivity index (χ3v) is 4.31. The first-order valence-corrected chi connectivity index (χ1v) is 7.87. The van der Waals surface area contributed by atoms with Crippen LogP contribution in [0.2, 0.25) is 0 Å². The van der Waals surface area contributed by atoms with Gasteiger partial charge in [0, 0.05) is 25.6 Å². The number of nitrogen functional groups attached to an aromatic ring is 1. The van der Waals surface area contributed by atoms with Crippen molar-refractivity contribution in [2.24, 2.45) is 0 Å². The van der Waals surface area contributed by atoms with E-state index in [9.17, 15) is 4.79 Å². The van der Waals surface area contributed by atoms with Crippen molar-refractivity contribution < 1.29 is 14.3 Å². The summed E-state index contributed by atoms with van der Waals surface area (Å²) in [6, 6.07) is 0. The number of aromatic nitrogens is 3. The normalized spacial score (nSPS) is 23.1. The van der Waals surface area contributed by atoms with Gasteiger partial charge in [-0.1, -0.05) is 0 Å². The number of nitrogens with one attached hydrogen (secondary N) is 1. The van der Waals surface area contributed by atoms with E-state index in [2.05, 4.69) is 15.2 Å². The van der Waals surface area contributed by atoms with Gasteiger partial charge < -0.3 is 20.1 Å². The smallest absolute Gasteiger partial charge is 0.248 e. The van der Waals surface area contributed by atoms with E-state index >= 15 is 0 Å². The zero-order valence-corrected chi connectivity index (χ0v) is 12.7. The molecule has 0 unspecified atom stereocenters. The first-order chi connectivity index (χ1) is 10.7. The highest BCUT2D eigenvalue weighted by Gasteiger charge is 2.26. The van der Waals surface area contributed by atoms with Crippen LogP contribution in [0.1, 0.15) is 37.4 Å². The van der Waals surface area contributed by atoms with E-state index < -0.39 is 0 Å². The fraction of sp³-hybridized carbons (Fsp3) is 0.786. The zero-order chi connectivity index (χ0) is 15.4. The molecule has 1 amide bonds. The molecule has 3 heterocycles. The van der Waals surface area contributed by atoms with Crippen molar-refractivity contribution >= 4 is 11.9 Å². The minimum absolute atomic E-state index is 0.0496. The molecule has 0 spiro atoms. The van der Waals surface area contributed by atoms with Crippen LogP contribution in [0.3, 0.4) is 0 Å². The number of carbonyl (C=O) groups is 1. The summed E-state index contributed by atoms with van der Waals surface area (Å²) in [5.41, 5.74) is 5.52.